The molecule has 21 heavy (non-hydrogen) atoms. The first kappa shape index (κ1) is 14.1. The molecule has 0 heterocycles. The first-order valence-electron chi connectivity index (χ1n) is 7.43. The zero-order valence-corrected chi connectivity index (χ0v) is 12.6. The maximum atomic E-state index is 14.2. The summed E-state index contributed by atoms with van der Waals surface area (Å²) in [5.74, 6) is -0.127. The van der Waals surface area contributed by atoms with E-state index in [1.165, 1.54) is 12.8 Å². The molecule has 0 aliphatic heterocycles. The Kier molecular flexibility index (Phi) is 3.93. The molecule has 0 bridgehead atoms. The van der Waals surface area contributed by atoms with Crippen LogP contribution in [0.4, 0.5) is 10.1 Å². The van der Waals surface area contributed by atoms with Gasteiger partial charge in [-0.3, -0.25) is 0 Å². The summed E-state index contributed by atoms with van der Waals surface area (Å²) in [6, 6.07) is 14.3. The van der Waals surface area contributed by atoms with Crippen molar-refractivity contribution in [3.63, 3.8) is 0 Å². The molecular formula is C18H21FN2. The average Bonchev–Trinajstić information content (AvgIpc) is 3.30. The van der Waals surface area contributed by atoms with Gasteiger partial charge in [0, 0.05) is 37.9 Å². The summed E-state index contributed by atoms with van der Waals surface area (Å²) >= 11 is 0. The van der Waals surface area contributed by atoms with Crippen LogP contribution in [-0.2, 0) is 6.54 Å². The molecule has 3 heteroatoms. The molecule has 1 N–H and O–H groups in total. The highest BCUT2D eigenvalue weighted by molar-refractivity contribution is 5.66. The molecule has 0 atom stereocenters. The maximum absolute atomic E-state index is 14.2. The number of nitrogens with one attached hydrogen (secondary N) is 1. The molecule has 1 saturated carbocycles. The van der Waals surface area contributed by atoms with E-state index in [0.717, 1.165) is 22.4 Å². The molecule has 0 aromatic heterocycles. The van der Waals surface area contributed by atoms with Crippen molar-refractivity contribution in [1.82, 2.24) is 5.32 Å². The van der Waals surface area contributed by atoms with Crippen LogP contribution in [0.2, 0.25) is 0 Å². The van der Waals surface area contributed by atoms with Gasteiger partial charge in [0.1, 0.15) is 5.82 Å². The third kappa shape index (κ3) is 3.42. The van der Waals surface area contributed by atoms with Gasteiger partial charge in [-0.1, -0.05) is 24.3 Å². The first-order valence-corrected chi connectivity index (χ1v) is 7.43. The Morgan fingerprint density at radius 1 is 1.05 bits per heavy atom. The van der Waals surface area contributed by atoms with Crippen LogP contribution >= 0.6 is 0 Å². The van der Waals surface area contributed by atoms with Crippen LogP contribution < -0.4 is 10.2 Å². The number of anilines is 1. The quantitative estimate of drug-likeness (QED) is 0.898. The van der Waals surface area contributed by atoms with Crippen LogP contribution in [0.15, 0.2) is 42.5 Å². The minimum Gasteiger partial charge on any atom is -0.378 e. The predicted octanol–water partition coefficient (Wildman–Crippen LogP) is 3.81. The topological polar surface area (TPSA) is 15.3 Å². The average molecular weight is 284 g/mol. The van der Waals surface area contributed by atoms with E-state index in [4.69, 9.17) is 0 Å². The Morgan fingerprint density at radius 2 is 1.71 bits per heavy atom. The van der Waals surface area contributed by atoms with Crippen molar-refractivity contribution >= 4 is 5.69 Å². The van der Waals surface area contributed by atoms with Gasteiger partial charge < -0.3 is 10.2 Å². The zero-order valence-electron chi connectivity index (χ0n) is 12.6. The smallest absolute Gasteiger partial charge is 0.128 e. The van der Waals surface area contributed by atoms with Gasteiger partial charge in [0.2, 0.25) is 0 Å². The molecule has 1 aliphatic rings. The summed E-state index contributed by atoms with van der Waals surface area (Å²) < 4.78 is 14.2. The second kappa shape index (κ2) is 5.86. The van der Waals surface area contributed by atoms with Crippen molar-refractivity contribution in [3.8, 4) is 11.1 Å². The number of benzene rings is 2. The van der Waals surface area contributed by atoms with E-state index in [0.29, 0.717) is 12.6 Å². The minimum absolute atomic E-state index is 0.127. The van der Waals surface area contributed by atoms with Crippen LogP contribution in [-0.4, -0.2) is 20.1 Å². The van der Waals surface area contributed by atoms with E-state index < -0.39 is 0 Å². The lowest BCUT2D eigenvalue weighted by atomic mass is 10.0. The summed E-state index contributed by atoms with van der Waals surface area (Å²) in [6.07, 6.45) is 2.44. The molecule has 0 spiro atoms. The van der Waals surface area contributed by atoms with Gasteiger partial charge in [0.05, 0.1) is 0 Å². The van der Waals surface area contributed by atoms with E-state index in [9.17, 15) is 4.39 Å². The van der Waals surface area contributed by atoms with E-state index in [2.05, 4.69) is 22.3 Å². The number of rotatable bonds is 5. The number of hydrogen-bond donors (Lipinski definition) is 1. The largest absolute Gasteiger partial charge is 0.378 e. The van der Waals surface area contributed by atoms with Crippen LogP contribution in [0.3, 0.4) is 0 Å². The maximum Gasteiger partial charge on any atom is 0.128 e. The SMILES string of the molecule is CN(C)c1ccc(-c2ccc(CNC3CC3)c(F)c2)cc1. The Labute approximate surface area is 125 Å². The van der Waals surface area contributed by atoms with Crippen LogP contribution in [0.25, 0.3) is 11.1 Å². The van der Waals surface area contributed by atoms with Crippen LogP contribution in [0.5, 0.6) is 0 Å². The third-order valence-corrected chi connectivity index (χ3v) is 3.93. The molecule has 0 unspecified atom stereocenters. The predicted molar refractivity (Wildman–Crippen MR) is 86.0 cm³/mol. The fourth-order valence-corrected chi connectivity index (χ4v) is 2.36. The second-order valence-electron chi connectivity index (χ2n) is 5.90. The lowest BCUT2D eigenvalue weighted by Crippen LogP contribution is -2.16. The molecule has 2 aromatic carbocycles. The Bertz CT molecular complexity index is 616. The summed E-state index contributed by atoms with van der Waals surface area (Å²) in [4.78, 5) is 2.05. The van der Waals surface area contributed by atoms with Crippen molar-refractivity contribution in [2.75, 3.05) is 19.0 Å². The van der Waals surface area contributed by atoms with Gasteiger partial charge in [0.25, 0.3) is 0 Å². The van der Waals surface area contributed by atoms with Crippen molar-refractivity contribution in [2.24, 2.45) is 0 Å². The van der Waals surface area contributed by atoms with Gasteiger partial charge in [-0.05, 0) is 42.2 Å². The van der Waals surface area contributed by atoms with Crippen molar-refractivity contribution in [1.29, 1.82) is 0 Å². The van der Waals surface area contributed by atoms with Crippen LogP contribution in [0, 0.1) is 5.82 Å². The van der Waals surface area contributed by atoms with E-state index >= 15 is 0 Å². The van der Waals surface area contributed by atoms with Gasteiger partial charge in [-0.25, -0.2) is 4.39 Å². The minimum atomic E-state index is -0.127. The van der Waals surface area contributed by atoms with Crippen molar-refractivity contribution in [2.45, 2.75) is 25.4 Å². The van der Waals surface area contributed by atoms with E-state index in [1.54, 1.807) is 6.07 Å². The highest BCUT2D eigenvalue weighted by atomic mass is 19.1. The molecule has 110 valence electrons. The molecular weight excluding hydrogens is 263 g/mol. The molecule has 3 rings (SSSR count). The normalized spacial score (nSPS) is 14.2. The summed E-state index contributed by atoms with van der Waals surface area (Å²) in [7, 11) is 4.02. The molecule has 0 radical (unpaired) electrons. The molecule has 0 amide bonds. The Hall–Kier alpha value is -1.87. The third-order valence-electron chi connectivity index (χ3n) is 3.93. The Balaban J connectivity index is 1.76. The fourth-order valence-electron chi connectivity index (χ4n) is 2.36. The first-order chi connectivity index (χ1) is 10.1. The molecule has 2 aromatic rings. The van der Waals surface area contributed by atoms with Crippen LogP contribution in [0.1, 0.15) is 18.4 Å². The summed E-state index contributed by atoms with van der Waals surface area (Å²) in [5.41, 5.74) is 3.86. The summed E-state index contributed by atoms with van der Waals surface area (Å²) in [5, 5.41) is 3.35. The highest BCUT2D eigenvalue weighted by Gasteiger charge is 2.20. The standard InChI is InChI=1S/C18H21FN2/c1-21(2)17-9-5-13(6-10-17)14-3-4-15(18(19)11-14)12-20-16-7-8-16/h3-6,9-11,16,20H,7-8,12H2,1-2H3. The van der Waals surface area contributed by atoms with Gasteiger partial charge in [-0.15, -0.1) is 0 Å². The highest BCUT2D eigenvalue weighted by Crippen LogP contribution is 2.25. The van der Waals surface area contributed by atoms with E-state index in [-0.39, 0.29) is 5.82 Å². The van der Waals surface area contributed by atoms with Gasteiger partial charge in [0.15, 0.2) is 0 Å². The second-order valence-corrected chi connectivity index (χ2v) is 5.90. The zero-order chi connectivity index (χ0) is 14.8. The lowest BCUT2D eigenvalue weighted by Gasteiger charge is -2.13. The molecule has 1 fully saturated rings. The fraction of sp³-hybridized carbons (Fsp3) is 0.333. The molecule has 2 nitrogen and oxygen atoms in total. The number of halogens is 1. The Morgan fingerprint density at radius 3 is 2.29 bits per heavy atom. The number of hydrogen-bond acceptors (Lipinski definition) is 2. The van der Waals surface area contributed by atoms with Gasteiger partial charge >= 0.3 is 0 Å². The molecule has 1 aliphatic carbocycles. The summed E-state index contributed by atoms with van der Waals surface area (Å²) in [6.45, 7) is 0.621. The van der Waals surface area contributed by atoms with E-state index in [1.807, 2.05) is 38.4 Å². The monoisotopic (exact) mass is 284 g/mol. The lowest BCUT2D eigenvalue weighted by molar-refractivity contribution is 0.587. The molecule has 0 saturated heterocycles. The van der Waals surface area contributed by atoms with Gasteiger partial charge in [-0.2, -0.15) is 0 Å². The number of nitrogens with zero attached hydrogens (tertiary/aromatic N) is 1. The van der Waals surface area contributed by atoms with Crippen molar-refractivity contribution < 1.29 is 4.39 Å². The van der Waals surface area contributed by atoms with Crippen molar-refractivity contribution in [3.05, 3.63) is 53.8 Å².